The van der Waals surface area contributed by atoms with Gasteiger partial charge in [-0.05, 0) is 12.1 Å². The minimum absolute atomic E-state index is 0.482. The fourth-order valence-electron chi connectivity index (χ4n) is 1.30. The van der Waals surface area contributed by atoms with E-state index in [0.29, 0.717) is 12.5 Å². The third kappa shape index (κ3) is 3.22. The average molecular weight is 254 g/mol. The van der Waals surface area contributed by atoms with Gasteiger partial charge in [0.05, 0.1) is 23.2 Å². The van der Waals surface area contributed by atoms with E-state index in [1.807, 2.05) is 35.7 Å². The topological polar surface area (TPSA) is 22.1 Å². The smallest absolute Gasteiger partial charge is 0.119 e. The Kier molecular flexibility index (Phi) is 4.19. The predicted molar refractivity (Wildman–Crippen MR) is 67.3 cm³/mol. The highest BCUT2D eigenvalue weighted by atomic mass is 35.5. The van der Waals surface area contributed by atoms with E-state index < -0.39 is 0 Å². The van der Waals surface area contributed by atoms with Crippen molar-refractivity contribution in [3.63, 3.8) is 0 Å². The van der Waals surface area contributed by atoms with Gasteiger partial charge in [0.15, 0.2) is 0 Å². The second-order valence-electron chi connectivity index (χ2n) is 3.28. The number of thiazole rings is 1. The Labute approximate surface area is 104 Å². The van der Waals surface area contributed by atoms with Crippen molar-refractivity contribution in [1.82, 2.24) is 4.98 Å². The summed E-state index contributed by atoms with van der Waals surface area (Å²) in [5.41, 5.74) is 0.946. The van der Waals surface area contributed by atoms with Gasteiger partial charge in [-0.1, -0.05) is 18.2 Å². The van der Waals surface area contributed by atoms with Crippen LogP contribution in [0.1, 0.15) is 10.7 Å². The molecule has 0 bridgehead atoms. The summed E-state index contributed by atoms with van der Waals surface area (Å²) in [4.78, 5) is 4.37. The molecule has 4 heteroatoms. The van der Waals surface area contributed by atoms with Gasteiger partial charge in [0, 0.05) is 11.8 Å². The van der Waals surface area contributed by atoms with Gasteiger partial charge < -0.3 is 4.74 Å². The fraction of sp³-hybridized carbons (Fsp3) is 0.250. The molecule has 2 aromatic rings. The summed E-state index contributed by atoms with van der Waals surface area (Å²) in [5, 5.41) is 3.07. The van der Waals surface area contributed by atoms with E-state index in [2.05, 4.69) is 4.98 Å². The number of hydrogen-bond acceptors (Lipinski definition) is 3. The molecule has 16 heavy (non-hydrogen) atoms. The van der Waals surface area contributed by atoms with Crippen LogP contribution in [-0.2, 0) is 12.3 Å². The molecule has 2 nitrogen and oxygen atoms in total. The summed E-state index contributed by atoms with van der Waals surface area (Å²) < 4.78 is 5.59. The summed E-state index contributed by atoms with van der Waals surface area (Å²) in [6, 6.07) is 9.80. The first-order valence-electron chi connectivity index (χ1n) is 5.05. The van der Waals surface area contributed by atoms with Gasteiger partial charge in [-0.15, -0.1) is 22.9 Å². The van der Waals surface area contributed by atoms with Crippen LogP contribution < -0.4 is 4.74 Å². The van der Waals surface area contributed by atoms with E-state index in [1.54, 1.807) is 11.3 Å². The molecular formula is C12H12ClNOS. The highest BCUT2D eigenvalue weighted by Crippen LogP contribution is 2.13. The summed E-state index contributed by atoms with van der Waals surface area (Å²) in [5.74, 6) is 1.38. The first kappa shape index (κ1) is 11.4. The lowest BCUT2D eigenvalue weighted by Crippen LogP contribution is -2.00. The van der Waals surface area contributed by atoms with Crippen molar-refractivity contribution in [2.45, 2.75) is 12.3 Å². The van der Waals surface area contributed by atoms with E-state index in [9.17, 15) is 0 Å². The van der Waals surface area contributed by atoms with Gasteiger partial charge in [-0.3, -0.25) is 0 Å². The maximum Gasteiger partial charge on any atom is 0.119 e. The lowest BCUT2D eigenvalue weighted by atomic mass is 10.3. The van der Waals surface area contributed by atoms with E-state index in [0.717, 1.165) is 22.9 Å². The highest BCUT2D eigenvalue weighted by Gasteiger charge is 2.01. The number of alkyl halides is 1. The lowest BCUT2D eigenvalue weighted by molar-refractivity contribution is 0.321. The van der Waals surface area contributed by atoms with Gasteiger partial charge in [-0.25, -0.2) is 4.98 Å². The molecule has 84 valence electrons. The molecule has 0 fully saturated rings. The minimum atomic E-state index is 0.482. The molecule has 2 rings (SSSR count). The van der Waals surface area contributed by atoms with Crippen LogP contribution in [0.4, 0.5) is 0 Å². The minimum Gasteiger partial charge on any atom is -0.493 e. The zero-order valence-electron chi connectivity index (χ0n) is 8.73. The number of halogens is 1. The monoisotopic (exact) mass is 253 g/mol. The van der Waals surface area contributed by atoms with Crippen LogP contribution in [-0.4, -0.2) is 11.6 Å². The SMILES string of the molecule is ClCc1csc(CCOc2ccccc2)n1. The Hall–Kier alpha value is -1.06. The number of ether oxygens (including phenoxy) is 1. The third-order valence-corrected chi connectivity index (χ3v) is 3.30. The van der Waals surface area contributed by atoms with E-state index in [1.165, 1.54) is 0 Å². The molecule has 1 aromatic heterocycles. The van der Waals surface area contributed by atoms with Crippen LogP contribution in [0, 0.1) is 0 Å². The first-order chi connectivity index (χ1) is 7.88. The first-order valence-corrected chi connectivity index (χ1v) is 6.47. The number of benzene rings is 1. The van der Waals surface area contributed by atoms with E-state index in [-0.39, 0.29) is 0 Å². The number of para-hydroxylation sites is 1. The van der Waals surface area contributed by atoms with Crippen molar-refractivity contribution in [2.24, 2.45) is 0 Å². The maximum absolute atomic E-state index is 5.68. The second-order valence-corrected chi connectivity index (χ2v) is 4.49. The summed E-state index contributed by atoms with van der Waals surface area (Å²) >= 11 is 7.32. The van der Waals surface area contributed by atoms with Crippen molar-refractivity contribution < 1.29 is 4.74 Å². The van der Waals surface area contributed by atoms with Crippen molar-refractivity contribution in [3.05, 3.63) is 46.4 Å². The molecule has 0 spiro atoms. The van der Waals surface area contributed by atoms with Crippen molar-refractivity contribution in [1.29, 1.82) is 0 Å². The largest absolute Gasteiger partial charge is 0.493 e. The molecule has 0 unspecified atom stereocenters. The molecule has 0 amide bonds. The van der Waals surface area contributed by atoms with Crippen LogP contribution in [0.2, 0.25) is 0 Å². The van der Waals surface area contributed by atoms with Crippen LogP contribution in [0.3, 0.4) is 0 Å². The maximum atomic E-state index is 5.68. The van der Waals surface area contributed by atoms with Gasteiger partial charge in [0.25, 0.3) is 0 Å². The van der Waals surface area contributed by atoms with Gasteiger partial charge in [-0.2, -0.15) is 0 Å². The molecule has 0 aliphatic rings. The second kappa shape index (κ2) is 5.87. The molecule has 0 N–H and O–H groups in total. The summed E-state index contributed by atoms with van der Waals surface area (Å²) in [7, 11) is 0. The van der Waals surface area contributed by atoms with E-state index >= 15 is 0 Å². The Bertz CT molecular complexity index is 430. The van der Waals surface area contributed by atoms with Crippen LogP contribution >= 0.6 is 22.9 Å². The molecule has 0 saturated heterocycles. The van der Waals surface area contributed by atoms with Crippen LogP contribution in [0.25, 0.3) is 0 Å². The summed E-state index contributed by atoms with van der Waals surface area (Å²) in [6.07, 6.45) is 0.830. The normalized spacial score (nSPS) is 10.3. The number of aromatic nitrogens is 1. The molecule has 1 aromatic carbocycles. The molecule has 0 radical (unpaired) electrons. The Morgan fingerprint density at radius 3 is 2.75 bits per heavy atom. The molecule has 0 saturated carbocycles. The number of nitrogens with zero attached hydrogens (tertiary/aromatic N) is 1. The van der Waals surface area contributed by atoms with Gasteiger partial charge in [0.1, 0.15) is 5.75 Å². The number of hydrogen-bond donors (Lipinski definition) is 0. The zero-order valence-corrected chi connectivity index (χ0v) is 10.3. The quantitative estimate of drug-likeness (QED) is 0.761. The third-order valence-electron chi connectivity index (χ3n) is 2.06. The van der Waals surface area contributed by atoms with Crippen molar-refractivity contribution in [2.75, 3.05) is 6.61 Å². The zero-order chi connectivity index (χ0) is 11.2. The Balaban J connectivity index is 1.80. The molecule has 1 heterocycles. The summed E-state index contributed by atoms with van der Waals surface area (Å²) in [6.45, 7) is 0.652. The average Bonchev–Trinajstić information content (AvgIpc) is 2.78. The molecular weight excluding hydrogens is 242 g/mol. The van der Waals surface area contributed by atoms with Crippen molar-refractivity contribution in [3.8, 4) is 5.75 Å². The van der Waals surface area contributed by atoms with Crippen LogP contribution in [0.15, 0.2) is 35.7 Å². The van der Waals surface area contributed by atoms with Crippen molar-refractivity contribution >= 4 is 22.9 Å². The van der Waals surface area contributed by atoms with Gasteiger partial charge >= 0.3 is 0 Å². The Morgan fingerprint density at radius 1 is 1.25 bits per heavy atom. The molecule has 0 aliphatic carbocycles. The fourth-order valence-corrected chi connectivity index (χ4v) is 2.31. The van der Waals surface area contributed by atoms with Gasteiger partial charge in [0.2, 0.25) is 0 Å². The predicted octanol–water partition coefficient (Wildman–Crippen LogP) is 3.50. The highest BCUT2D eigenvalue weighted by molar-refractivity contribution is 7.09. The standard InChI is InChI=1S/C12H12ClNOS/c13-8-10-9-16-12(14-10)6-7-15-11-4-2-1-3-5-11/h1-5,9H,6-8H2. The van der Waals surface area contributed by atoms with E-state index in [4.69, 9.17) is 16.3 Å². The molecule has 0 aliphatic heterocycles. The van der Waals surface area contributed by atoms with Crippen LogP contribution in [0.5, 0.6) is 5.75 Å². The Morgan fingerprint density at radius 2 is 2.06 bits per heavy atom. The lowest BCUT2D eigenvalue weighted by Gasteiger charge is -2.03. The molecule has 0 atom stereocenters. The number of rotatable bonds is 5.